The van der Waals surface area contributed by atoms with Crippen LogP contribution in [0.5, 0.6) is 11.5 Å². The minimum absolute atomic E-state index is 0.173. The van der Waals surface area contributed by atoms with E-state index in [2.05, 4.69) is 34.7 Å². The molecule has 6 heteroatoms. The number of methoxy groups -OCH3 is 1. The van der Waals surface area contributed by atoms with Crippen molar-refractivity contribution < 1.29 is 19.4 Å². The Hall–Kier alpha value is -3.31. The van der Waals surface area contributed by atoms with Crippen LogP contribution in [0.4, 0.5) is 0 Å². The summed E-state index contributed by atoms with van der Waals surface area (Å²) in [6.45, 7) is 2.46. The lowest BCUT2D eigenvalue weighted by molar-refractivity contribution is 0.0697. The van der Waals surface area contributed by atoms with Gasteiger partial charge in [0.1, 0.15) is 6.61 Å². The molecule has 5 nitrogen and oxygen atoms in total. The molecule has 0 bridgehead atoms. The maximum absolute atomic E-state index is 11.0. The second-order valence-electron chi connectivity index (χ2n) is 6.86. The van der Waals surface area contributed by atoms with Gasteiger partial charge in [-0.2, -0.15) is 5.26 Å². The number of nitrogens with zero attached hydrogens (tertiary/aromatic N) is 1. The summed E-state index contributed by atoms with van der Waals surface area (Å²) < 4.78 is 12.4. The van der Waals surface area contributed by atoms with Crippen molar-refractivity contribution in [2.24, 2.45) is 0 Å². The normalized spacial score (nSPS) is 11.0. The first-order valence-corrected chi connectivity index (χ1v) is 10.5. The minimum atomic E-state index is -1.01. The topological polar surface area (TPSA) is 79.5 Å². The summed E-state index contributed by atoms with van der Waals surface area (Å²) in [4.78, 5) is 11.0. The van der Waals surface area contributed by atoms with Crippen LogP contribution in [0.3, 0.4) is 0 Å². The van der Waals surface area contributed by atoms with Gasteiger partial charge < -0.3 is 14.6 Å². The Morgan fingerprint density at radius 2 is 1.84 bits per heavy atom. The van der Waals surface area contributed by atoms with E-state index in [1.807, 2.05) is 37.3 Å². The molecule has 1 N–H and O–H groups in total. The van der Waals surface area contributed by atoms with Crippen molar-refractivity contribution in [1.82, 2.24) is 0 Å². The first-order valence-electron chi connectivity index (χ1n) is 9.42. The molecule has 0 aromatic heterocycles. The Labute approximate surface area is 194 Å². The first-order chi connectivity index (χ1) is 14.9. The number of benzene rings is 3. The number of aryl methyl sites for hydroxylation is 1. The SMILES string of the molecule is COc1cc(/C=C(/C#N)c2ccc(C(=O)O)cc2)cc(I)c1OCc1cccc(C)c1. The number of halogens is 1. The summed E-state index contributed by atoms with van der Waals surface area (Å²) in [5, 5.41) is 18.7. The number of rotatable bonds is 7. The lowest BCUT2D eigenvalue weighted by atomic mass is 10.0. The Bertz CT molecular complexity index is 1180. The summed E-state index contributed by atoms with van der Waals surface area (Å²) >= 11 is 2.19. The zero-order valence-corrected chi connectivity index (χ0v) is 19.2. The highest BCUT2D eigenvalue weighted by molar-refractivity contribution is 14.1. The molecule has 0 saturated heterocycles. The molecule has 3 rings (SSSR count). The maximum Gasteiger partial charge on any atom is 0.335 e. The van der Waals surface area contributed by atoms with Crippen LogP contribution in [-0.4, -0.2) is 18.2 Å². The molecule has 0 amide bonds. The molecule has 3 aromatic carbocycles. The lowest BCUT2D eigenvalue weighted by Gasteiger charge is -2.14. The van der Waals surface area contributed by atoms with Crippen molar-refractivity contribution >= 4 is 40.2 Å². The number of aromatic carboxylic acids is 1. The fourth-order valence-corrected chi connectivity index (χ4v) is 3.84. The number of nitriles is 1. The molecular weight excluding hydrogens is 505 g/mol. The number of carbonyl (C=O) groups is 1. The molecule has 3 aromatic rings. The van der Waals surface area contributed by atoms with Crippen LogP contribution in [0.2, 0.25) is 0 Å². The molecule has 31 heavy (non-hydrogen) atoms. The molecule has 0 saturated carbocycles. The van der Waals surface area contributed by atoms with Gasteiger partial charge in [0.15, 0.2) is 11.5 Å². The van der Waals surface area contributed by atoms with Crippen LogP contribution < -0.4 is 9.47 Å². The first kappa shape index (κ1) is 22.4. The van der Waals surface area contributed by atoms with Gasteiger partial charge in [0.05, 0.1) is 27.9 Å². The standard InChI is InChI=1S/C25H20INO4/c1-16-4-3-5-17(10-16)15-31-24-22(26)12-18(13-23(24)30-2)11-21(14-27)19-6-8-20(9-7-19)25(28)29/h3-13H,15H2,1-2H3,(H,28,29)/b21-11-. The van der Waals surface area contributed by atoms with Gasteiger partial charge in [-0.1, -0.05) is 42.0 Å². The fourth-order valence-electron chi connectivity index (χ4n) is 3.06. The van der Waals surface area contributed by atoms with Crippen molar-refractivity contribution in [2.45, 2.75) is 13.5 Å². The van der Waals surface area contributed by atoms with E-state index >= 15 is 0 Å². The number of carboxylic acids is 1. The van der Waals surface area contributed by atoms with E-state index in [9.17, 15) is 10.1 Å². The van der Waals surface area contributed by atoms with Crippen molar-refractivity contribution in [1.29, 1.82) is 5.26 Å². The third-order valence-electron chi connectivity index (χ3n) is 4.59. The highest BCUT2D eigenvalue weighted by Crippen LogP contribution is 2.35. The van der Waals surface area contributed by atoms with E-state index in [1.165, 1.54) is 17.7 Å². The van der Waals surface area contributed by atoms with E-state index in [0.29, 0.717) is 29.2 Å². The molecule has 0 spiro atoms. The van der Waals surface area contributed by atoms with Crippen LogP contribution >= 0.6 is 22.6 Å². The Morgan fingerprint density at radius 3 is 2.45 bits per heavy atom. The number of carboxylic acid groups (broad SMARTS) is 1. The zero-order chi connectivity index (χ0) is 22.4. The fraction of sp³-hybridized carbons (Fsp3) is 0.120. The average molecular weight is 525 g/mol. The predicted molar refractivity (Wildman–Crippen MR) is 128 cm³/mol. The molecule has 156 valence electrons. The summed E-state index contributed by atoms with van der Waals surface area (Å²) in [5.41, 5.74) is 4.25. The van der Waals surface area contributed by atoms with Crippen molar-refractivity contribution in [3.8, 4) is 17.6 Å². The van der Waals surface area contributed by atoms with Crippen molar-refractivity contribution in [2.75, 3.05) is 7.11 Å². The van der Waals surface area contributed by atoms with Crippen LogP contribution in [0, 0.1) is 21.8 Å². The molecule has 0 fully saturated rings. The van der Waals surface area contributed by atoms with Crippen molar-refractivity contribution in [3.63, 3.8) is 0 Å². The molecule has 0 aliphatic rings. The van der Waals surface area contributed by atoms with Crippen LogP contribution in [0.25, 0.3) is 11.6 Å². The van der Waals surface area contributed by atoms with Gasteiger partial charge in [0.25, 0.3) is 0 Å². The van der Waals surface area contributed by atoms with Gasteiger partial charge >= 0.3 is 5.97 Å². The van der Waals surface area contributed by atoms with E-state index in [0.717, 1.165) is 14.7 Å². The molecule has 0 heterocycles. The summed E-state index contributed by atoms with van der Waals surface area (Å²) in [6, 6.07) is 20.2. The summed E-state index contributed by atoms with van der Waals surface area (Å²) in [7, 11) is 1.58. The van der Waals surface area contributed by atoms with Gasteiger partial charge in [-0.3, -0.25) is 0 Å². The van der Waals surface area contributed by atoms with Crippen LogP contribution in [-0.2, 0) is 6.61 Å². The third-order valence-corrected chi connectivity index (χ3v) is 5.39. The summed E-state index contributed by atoms with van der Waals surface area (Å²) in [6.07, 6.45) is 1.74. The smallest absolute Gasteiger partial charge is 0.335 e. The number of ether oxygens (including phenoxy) is 2. The minimum Gasteiger partial charge on any atom is -0.493 e. The van der Waals surface area contributed by atoms with Crippen LogP contribution in [0.1, 0.15) is 32.6 Å². The maximum atomic E-state index is 11.0. The van der Waals surface area contributed by atoms with E-state index < -0.39 is 5.97 Å². The van der Waals surface area contributed by atoms with Crippen molar-refractivity contribution in [3.05, 3.63) is 92.1 Å². The van der Waals surface area contributed by atoms with E-state index in [4.69, 9.17) is 14.6 Å². The second kappa shape index (κ2) is 10.1. The number of hydrogen-bond donors (Lipinski definition) is 1. The Kier molecular flexibility index (Phi) is 7.32. The van der Waals surface area contributed by atoms with Crippen LogP contribution in [0.15, 0.2) is 60.7 Å². The highest BCUT2D eigenvalue weighted by atomic mass is 127. The van der Waals surface area contributed by atoms with Gasteiger partial charge in [-0.25, -0.2) is 4.79 Å². The third kappa shape index (κ3) is 5.64. The molecule has 0 aliphatic carbocycles. The molecule has 0 atom stereocenters. The molecule has 0 radical (unpaired) electrons. The molecular formula is C25H20INO4. The van der Waals surface area contributed by atoms with Gasteiger partial charge in [-0.15, -0.1) is 0 Å². The largest absolute Gasteiger partial charge is 0.493 e. The Morgan fingerprint density at radius 1 is 1.13 bits per heavy atom. The van der Waals surface area contributed by atoms with Gasteiger partial charge in [0, 0.05) is 0 Å². The zero-order valence-electron chi connectivity index (χ0n) is 17.1. The van der Waals surface area contributed by atoms with E-state index in [-0.39, 0.29) is 5.56 Å². The van der Waals surface area contributed by atoms with Gasteiger partial charge in [0.2, 0.25) is 0 Å². The predicted octanol–water partition coefficient (Wildman–Crippen LogP) is 5.95. The number of allylic oxidation sites excluding steroid dienone is 1. The second-order valence-corrected chi connectivity index (χ2v) is 8.03. The van der Waals surface area contributed by atoms with Gasteiger partial charge in [-0.05, 0) is 76.5 Å². The number of hydrogen-bond acceptors (Lipinski definition) is 4. The molecule has 0 aliphatic heterocycles. The Balaban J connectivity index is 1.88. The lowest BCUT2D eigenvalue weighted by Crippen LogP contribution is -2.00. The van der Waals surface area contributed by atoms with E-state index in [1.54, 1.807) is 25.3 Å². The highest BCUT2D eigenvalue weighted by Gasteiger charge is 2.13. The average Bonchev–Trinajstić information content (AvgIpc) is 2.76. The monoisotopic (exact) mass is 525 g/mol. The quantitative estimate of drug-likeness (QED) is 0.234. The molecule has 0 unspecified atom stereocenters. The summed E-state index contributed by atoms with van der Waals surface area (Å²) in [5.74, 6) is 0.213.